The Morgan fingerprint density at radius 2 is 2.56 bits per heavy atom. The SMILES string of the molecule is CCc1cnc(CN)s1. The van der Waals surface area contributed by atoms with Gasteiger partial charge >= 0.3 is 0 Å². The molecular weight excluding hydrogens is 132 g/mol. The highest BCUT2D eigenvalue weighted by Crippen LogP contribution is 2.11. The van der Waals surface area contributed by atoms with E-state index in [0.29, 0.717) is 6.54 Å². The van der Waals surface area contributed by atoms with Crippen molar-refractivity contribution in [2.24, 2.45) is 5.73 Å². The number of hydrogen-bond acceptors (Lipinski definition) is 3. The highest BCUT2D eigenvalue weighted by Gasteiger charge is 1.95. The summed E-state index contributed by atoms with van der Waals surface area (Å²) in [5.74, 6) is 0. The number of rotatable bonds is 2. The summed E-state index contributed by atoms with van der Waals surface area (Å²) < 4.78 is 0. The van der Waals surface area contributed by atoms with E-state index in [1.807, 2.05) is 6.20 Å². The van der Waals surface area contributed by atoms with Crippen molar-refractivity contribution in [1.29, 1.82) is 0 Å². The first-order valence-electron chi connectivity index (χ1n) is 3.00. The smallest absolute Gasteiger partial charge is 0.106 e. The minimum atomic E-state index is 0.574. The molecule has 0 aliphatic heterocycles. The second-order valence-electron chi connectivity index (χ2n) is 1.78. The Balaban J connectivity index is 2.74. The molecule has 0 saturated heterocycles. The summed E-state index contributed by atoms with van der Waals surface area (Å²) in [7, 11) is 0. The lowest BCUT2D eigenvalue weighted by Crippen LogP contribution is -1.93. The van der Waals surface area contributed by atoms with Gasteiger partial charge in [0.1, 0.15) is 5.01 Å². The van der Waals surface area contributed by atoms with E-state index < -0.39 is 0 Å². The van der Waals surface area contributed by atoms with Gasteiger partial charge < -0.3 is 5.73 Å². The van der Waals surface area contributed by atoms with Crippen LogP contribution < -0.4 is 5.73 Å². The second kappa shape index (κ2) is 2.94. The third kappa shape index (κ3) is 1.50. The zero-order chi connectivity index (χ0) is 6.69. The van der Waals surface area contributed by atoms with Crippen molar-refractivity contribution in [2.45, 2.75) is 19.9 Å². The van der Waals surface area contributed by atoms with Gasteiger partial charge in [-0.1, -0.05) is 6.92 Å². The fraction of sp³-hybridized carbons (Fsp3) is 0.500. The van der Waals surface area contributed by atoms with Crippen molar-refractivity contribution in [3.05, 3.63) is 16.1 Å². The monoisotopic (exact) mass is 142 g/mol. The first-order chi connectivity index (χ1) is 4.36. The molecule has 0 aromatic carbocycles. The van der Waals surface area contributed by atoms with Crippen LogP contribution in [-0.2, 0) is 13.0 Å². The van der Waals surface area contributed by atoms with Crippen LogP contribution in [0.2, 0.25) is 0 Å². The molecule has 0 radical (unpaired) electrons. The van der Waals surface area contributed by atoms with Crippen LogP contribution in [0, 0.1) is 0 Å². The molecule has 0 amide bonds. The van der Waals surface area contributed by atoms with Crippen LogP contribution in [0.5, 0.6) is 0 Å². The maximum absolute atomic E-state index is 5.37. The molecule has 1 aromatic heterocycles. The number of aromatic nitrogens is 1. The van der Waals surface area contributed by atoms with Crippen molar-refractivity contribution in [3.63, 3.8) is 0 Å². The molecule has 0 unspecified atom stereocenters. The van der Waals surface area contributed by atoms with Gasteiger partial charge in [0.05, 0.1) is 0 Å². The Bertz CT molecular complexity index is 164. The molecule has 50 valence electrons. The van der Waals surface area contributed by atoms with Gasteiger partial charge in [-0.3, -0.25) is 0 Å². The summed E-state index contributed by atoms with van der Waals surface area (Å²) >= 11 is 1.70. The molecule has 1 rings (SSSR count). The lowest BCUT2D eigenvalue weighted by molar-refractivity contribution is 1.04. The van der Waals surface area contributed by atoms with Crippen molar-refractivity contribution in [3.8, 4) is 0 Å². The van der Waals surface area contributed by atoms with Crippen LogP contribution in [0.25, 0.3) is 0 Å². The van der Waals surface area contributed by atoms with E-state index in [-0.39, 0.29) is 0 Å². The van der Waals surface area contributed by atoms with Crippen molar-refractivity contribution < 1.29 is 0 Å². The summed E-state index contributed by atoms with van der Waals surface area (Å²) in [6.45, 7) is 2.69. The van der Waals surface area contributed by atoms with Gasteiger partial charge in [0.25, 0.3) is 0 Å². The van der Waals surface area contributed by atoms with E-state index in [4.69, 9.17) is 5.73 Å². The number of nitrogens with zero attached hydrogens (tertiary/aromatic N) is 1. The maximum Gasteiger partial charge on any atom is 0.106 e. The van der Waals surface area contributed by atoms with Crippen LogP contribution in [0.4, 0.5) is 0 Å². The second-order valence-corrected chi connectivity index (χ2v) is 2.98. The number of hydrogen-bond donors (Lipinski definition) is 1. The molecule has 0 spiro atoms. The molecule has 0 aliphatic rings. The standard InChI is InChI=1S/C6H10N2S/c1-2-5-4-8-6(3-7)9-5/h4H,2-3,7H2,1H3. The van der Waals surface area contributed by atoms with Gasteiger partial charge in [-0.15, -0.1) is 11.3 Å². The summed E-state index contributed by atoms with van der Waals surface area (Å²) in [6, 6.07) is 0. The molecule has 9 heavy (non-hydrogen) atoms. The van der Waals surface area contributed by atoms with Crippen LogP contribution in [0.15, 0.2) is 6.20 Å². The highest BCUT2D eigenvalue weighted by atomic mass is 32.1. The van der Waals surface area contributed by atoms with Crippen molar-refractivity contribution in [2.75, 3.05) is 0 Å². The Hall–Kier alpha value is -0.410. The summed E-state index contributed by atoms with van der Waals surface area (Å²) in [6.07, 6.45) is 2.96. The fourth-order valence-electron chi connectivity index (χ4n) is 0.606. The van der Waals surface area contributed by atoms with E-state index in [2.05, 4.69) is 11.9 Å². The minimum absolute atomic E-state index is 0.574. The number of thiazole rings is 1. The average molecular weight is 142 g/mol. The topological polar surface area (TPSA) is 38.9 Å². The molecule has 0 fully saturated rings. The molecule has 0 aliphatic carbocycles. The summed E-state index contributed by atoms with van der Waals surface area (Å²) in [5, 5.41) is 1.03. The number of aryl methyl sites for hydroxylation is 1. The molecule has 2 N–H and O–H groups in total. The molecular formula is C6H10N2S. The van der Waals surface area contributed by atoms with E-state index in [0.717, 1.165) is 11.4 Å². The largest absolute Gasteiger partial charge is 0.325 e. The van der Waals surface area contributed by atoms with Crippen LogP contribution in [-0.4, -0.2) is 4.98 Å². The first kappa shape index (κ1) is 6.71. The molecule has 1 heterocycles. The van der Waals surface area contributed by atoms with E-state index in [1.165, 1.54) is 4.88 Å². The summed E-state index contributed by atoms with van der Waals surface area (Å²) in [4.78, 5) is 5.41. The van der Waals surface area contributed by atoms with E-state index >= 15 is 0 Å². The Kier molecular flexibility index (Phi) is 2.19. The lowest BCUT2D eigenvalue weighted by Gasteiger charge is -1.82. The van der Waals surface area contributed by atoms with Crippen molar-refractivity contribution >= 4 is 11.3 Å². The first-order valence-corrected chi connectivity index (χ1v) is 3.82. The highest BCUT2D eigenvalue weighted by molar-refractivity contribution is 7.11. The molecule has 2 nitrogen and oxygen atoms in total. The Morgan fingerprint density at radius 1 is 1.78 bits per heavy atom. The lowest BCUT2D eigenvalue weighted by atomic mass is 10.4. The fourth-order valence-corrected chi connectivity index (χ4v) is 1.35. The third-order valence-electron chi connectivity index (χ3n) is 1.12. The molecule has 0 atom stereocenters. The third-order valence-corrected chi connectivity index (χ3v) is 2.29. The predicted molar refractivity (Wildman–Crippen MR) is 39.4 cm³/mol. The minimum Gasteiger partial charge on any atom is -0.325 e. The zero-order valence-electron chi connectivity index (χ0n) is 5.42. The predicted octanol–water partition coefficient (Wildman–Crippen LogP) is 1.16. The van der Waals surface area contributed by atoms with Gasteiger partial charge in [-0.05, 0) is 6.42 Å². The van der Waals surface area contributed by atoms with E-state index in [9.17, 15) is 0 Å². The van der Waals surface area contributed by atoms with Crippen LogP contribution in [0.1, 0.15) is 16.8 Å². The Labute approximate surface area is 58.7 Å². The quantitative estimate of drug-likeness (QED) is 0.673. The van der Waals surface area contributed by atoms with Gasteiger partial charge in [0.2, 0.25) is 0 Å². The van der Waals surface area contributed by atoms with Gasteiger partial charge in [0, 0.05) is 17.6 Å². The van der Waals surface area contributed by atoms with Gasteiger partial charge in [-0.25, -0.2) is 4.98 Å². The average Bonchev–Trinajstić information content (AvgIpc) is 2.34. The molecule has 0 saturated carbocycles. The van der Waals surface area contributed by atoms with Crippen LogP contribution >= 0.6 is 11.3 Å². The van der Waals surface area contributed by atoms with Gasteiger partial charge in [-0.2, -0.15) is 0 Å². The Morgan fingerprint density at radius 3 is 2.89 bits per heavy atom. The zero-order valence-corrected chi connectivity index (χ0v) is 6.24. The van der Waals surface area contributed by atoms with Crippen LogP contribution in [0.3, 0.4) is 0 Å². The van der Waals surface area contributed by atoms with Crippen molar-refractivity contribution in [1.82, 2.24) is 4.98 Å². The summed E-state index contributed by atoms with van der Waals surface area (Å²) in [5.41, 5.74) is 5.37. The molecule has 1 aromatic rings. The van der Waals surface area contributed by atoms with Gasteiger partial charge in [0.15, 0.2) is 0 Å². The molecule has 0 bridgehead atoms. The molecule has 3 heteroatoms. The van der Waals surface area contributed by atoms with E-state index in [1.54, 1.807) is 11.3 Å². The normalized spacial score (nSPS) is 10.0. The maximum atomic E-state index is 5.37. The number of nitrogens with two attached hydrogens (primary N) is 1.